The van der Waals surface area contributed by atoms with Crippen molar-refractivity contribution in [3.8, 4) is 0 Å². The molecule has 1 aromatic heterocycles. The molecule has 0 aliphatic rings. The van der Waals surface area contributed by atoms with Gasteiger partial charge in [0.1, 0.15) is 18.9 Å². The average molecular weight is 449 g/mol. The summed E-state index contributed by atoms with van der Waals surface area (Å²) in [5.74, 6) is -1.76. The minimum atomic E-state index is -4.59. The van der Waals surface area contributed by atoms with Crippen LogP contribution < -0.4 is 21.9 Å². The van der Waals surface area contributed by atoms with Crippen LogP contribution in [0.5, 0.6) is 0 Å². The molecule has 32 heavy (non-hydrogen) atoms. The van der Waals surface area contributed by atoms with Crippen molar-refractivity contribution in [3.05, 3.63) is 64.3 Å². The van der Waals surface area contributed by atoms with Crippen molar-refractivity contribution >= 4 is 39.5 Å². The normalized spacial score (nSPS) is 11.4. The molecule has 3 rings (SSSR count). The summed E-state index contributed by atoms with van der Waals surface area (Å²) in [6.07, 6.45) is -3.34. The third kappa shape index (κ3) is 5.05. The Kier molecular flexibility index (Phi) is 6.19. The molecule has 0 spiro atoms. The number of nitrogens with one attached hydrogen (secondary N) is 3. The number of fused-ring (bicyclic) bond motifs is 1. The Labute approximate surface area is 179 Å². The fourth-order valence-electron chi connectivity index (χ4n) is 3.13. The second-order valence-corrected chi connectivity index (χ2v) is 7.08. The number of alkyl halides is 3. The van der Waals surface area contributed by atoms with Crippen molar-refractivity contribution in [1.82, 2.24) is 9.88 Å². The predicted octanol–water partition coefficient (Wildman–Crippen LogP) is 3.53. The number of amides is 1. The molecule has 7 nitrogen and oxygen atoms in total. The van der Waals surface area contributed by atoms with Gasteiger partial charge in [-0.25, -0.2) is 4.39 Å². The maximum atomic E-state index is 14.7. The highest BCUT2D eigenvalue weighted by molar-refractivity contribution is 6.02. The Hall–Kier alpha value is -3.89. The summed E-state index contributed by atoms with van der Waals surface area (Å²) in [5.41, 5.74) is 6.39. The third-order valence-corrected chi connectivity index (χ3v) is 4.62. The van der Waals surface area contributed by atoms with Crippen LogP contribution in [0, 0.1) is 11.2 Å². The van der Waals surface area contributed by atoms with Crippen molar-refractivity contribution in [2.24, 2.45) is 0 Å². The SMILES string of the molecule is CC(=N)c1ccc(Nc2c(F)ccc3ccn(CC(=O)NCC(F)(F)F)c(=O)c23)cc1N. The lowest BCUT2D eigenvalue weighted by atomic mass is 10.1. The molecule has 0 saturated carbocycles. The monoisotopic (exact) mass is 449 g/mol. The van der Waals surface area contributed by atoms with Gasteiger partial charge in [-0.3, -0.25) is 9.59 Å². The Morgan fingerprint density at radius 1 is 1.19 bits per heavy atom. The molecule has 0 radical (unpaired) electrons. The number of hydrogen-bond donors (Lipinski definition) is 4. The number of aromatic nitrogens is 1. The first-order valence-electron chi connectivity index (χ1n) is 9.33. The molecular weight excluding hydrogens is 430 g/mol. The van der Waals surface area contributed by atoms with E-state index in [0.29, 0.717) is 16.6 Å². The van der Waals surface area contributed by atoms with E-state index >= 15 is 0 Å². The van der Waals surface area contributed by atoms with Gasteiger partial charge in [-0.1, -0.05) is 6.07 Å². The van der Waals surface area contributed by atoms with E-state index in [4.69, 9.17) is 11.1 Å². The average Bonchev–Trinajstić information content (AvgIpc) is 2.70. The van der Waals surface area contributed by atoms with Crippen LogP contribution in [0.15, 0.2) is 47.4 Å². The number of rotatable bonds is 6. The van der Waals surface area contributed by atoms with Crippen LogP contribution in [-0.2, 0) is 11.3 Å². The van der Waals surface area contributed by atoms with E-state index in [1.807, 2.05) is 0 Å². The van der Waals surface area contributed by atoms with E-state index in [-0.39, 0.29) is 22.5 Å². The van der Waals surface area contributed by atoms with Crippen molar-refractivity contribution in [2.45, 2.75) is 19.6 Å². The maximum Gasteiger partial charge on any atom is 0.405 e. The Morgan fingerprint density at radius 3 is 2.53 bits per heavy atom. The smallest absolute Gasteiger partial charge is 0.398 e. The van der Waals surface area contributed by atoms with Gasteiger partial charge in [-0.2, -0.15) is 13.2 Å². The van der Waals surface area contributed by atoms with Crippen molar-refractivity contribution in [1.29, 1.82) is 5.41 Å². The van der Waals surface area contributed by atoms with Gasteiger partial charge in [0.15, 0.2) is 0 Å². The molecule has 1 amide bonds. The van der Waals surface area contributed by atoms with Gasteiger partial charge in [0, 0.05) is 28.8 Å². The van der Waals surface area contributed by atoms with Crippen LogP contribution >= 0.6 is 0 Å². The van der Waals surface area contributed by atoms with E-state index in [1.54, 1.807) is 24.4 Å². The van der Waals surface area contributed by atoms with Crippen LogP contribution in [-0.4, -0.2) is 28.9 Å². The summed E-state index contributed by atoms with van der Waals surface area (Å²) in [5, 5.41) is 12.5. The summed E-state index contributed by atoms with van der Waals surface area (Å²) in [7, 11) is 0. The molecule has 1 heterocycles. The number of carbonyl (C=O) groups excluding carboxylic acids is 1. The van der Waals surface area contributed by atoms with Crippen molar-refractivity contribution in [2.75, 3.05) is 17.6 Å². The highest BCUT2D eigenvalue weighted by Crippen LogP contribution is 2.29. The van der Waals surface area contributed by atoms with Crippen molar-refractivity contribution in [3.63, 3.8) is 0 Å². The zero-order chi connectivity index (χ0) is 23.6. The Morgan fingerprint density at radius 2 is 1.91 bits per heavy atom. The van der Waals surface area contributed by atoms with E-state index < -0.39 is 36.5 Å². The lowest BCUT2D eigenvalue weighted by molar-refractivity contribution is -0.138. The molecule has 168 valence electrons. The van der Waals surface area contributed by atoms with E-state index in [0.717, 1.165) is 10.6 Å². The first-order valence-corrected chi connectivity index (χ1v) is 9.33. The van der Waals surface area contributed by atoms with Gasteiger partial charge in [0.2, 0.25) is 5.91 Å². The number of nitrogens with zero attached hydrogens (tertiary/aromatic N) is 1. The quantitative estimate of drug-likeness (QED) is 0.262. The zero-order valence-corrected chi connectivity index (χ0v) is 16.8. The molecule has 2 aromatic carbocycles. The van der Waals surface area contributed by atoms with Crippen LogP contribution in [0.4, 0.5) is 34.6 Å². The van der Waals surface area contributed by atoms with Crippen LogP contribution in [0.3, 0.4) is 0 Å². The second kappa shape index (κ2) is 8.69. The molecule has 0 bridgehead atoms. The van der Waals surface area contributed by atoms with Gasteiger partial charge in [0.25, 0.3) is 5.56 Å². The largest absolute Gasteiger partial charge is 0.405 e. The topological polar surface area (TPSA) is 113 Å². The molecule has 5 N–H and O–H groups in total. The molecule has 0 aliphatic carbocycles. The van der Waals surface area contributed by atoms with Gasteiger partial charge in [0.05, 0.1) is 11.1 Å². The lowest BCUT2D eigenvalue weighted by Gasteiger charge is -2.14. The van der Waals surface area contributed by atoms with E-state index in [2.05, 4.69) is 5.32 Å². The van der Waals surface area contributed by atoms with E-state index in [1.165, 1.54) is 24.4 Å². The maximum absolute atomic E-state index is 14.7. The summed E-state index contributed by atoms with van der Waals surface area (Å²) in [4.78, 5) is 24.8. The lowest BCUT2D eigenvalue weighted by Crippen LogP contribution is -2.37. The third-order valence-electron chi connectivity index (χ3n) is 4.62. The molecule has 0 atom stereocenters. The summed E-state index contributed by atoms with van der Waals surface area (Å²) in [6, 6.07) is 8.61. The Balaban J connectivity index is 1.98. The van der Waals surface area contributed by atoms with Gasteiger partial charge < -0.3 is 26.3 Å². The summed E-state index contributed by atoms with van der Waals surface area (Å²) in [6.45, 7) is -0.625. The number of halogens is 4. The van der Waals surface area contributed by atoms with Crippen LogP contribution in [0.1, 0.15) is 12.5 Å². The fourth-order valence-corrected chi connectivity index (χ4v) is 3.13. The van der Waals surface area contributed by atoms with Gasteiger partial charge in [-0.05, 0) is 42.6 Å². The van der Waals surface area contributed by atoms with Gasteiger partial charge >= 0.3 is 6.18 Å². The minimum absolute atomic E-state index is 0.0815. The number of nitrogen functional groups attached to an aromatic ring is 1. The first kappa shape index (κ1) is 22.8. The highest BCUT2D eigenvalue weighted by Gasteiger charge is 2.27. The molecular formula is C21H19F4N5O2. The number of hydrogen-bond acceptors (Lipinski definition) is 5. The standard InChI is InChI=1S/C21H19F4N5O2/c1-11(26)14-4-3-13(8-16(14)27)29-19-15(22)5-2-12-6-7-30(20(32)18(12)19)9-17(31)28-10-21(23,24)25/h2-8,26,29H,9-10,27H2,1H3,(H,28,31). The highest BCUT2D eigenvalue weighted by atomic mass is 19.4. The summed E-state index contributed by atoms with van der Waals surface area (Å²) >= 11 is 0. The molecule has 0 saturated heterocycles. The van der Waals surface area contributed by atoms with Crippen LogP contribution in [0.2, 0.25) is 0 Å². The Bertz CT molecular complexity index is 1270. The van der Waals surface area contributed by atoms with E-state index in [9.17, 15) is 27.2 Å². The molecule has 0 aliphatic heterocycles. The molecule has 11 heteroatoms. The zero-order valence-electron chi connectivity index (χ0n) is 16.8. The van der Waals surface area contributed by atoms with Gasteiger partial charge in [-0.15, -0.1) is 0 Å². The molecule has 0 fully saturated rings. The molecule has 3 aromatic rings. The number of carbonyl (C=O) groups is 1. The minimum Gasteiger partial charge on any atom is -0.398 e. The number of anilines is 3. The number of pyridine rings is 1. The molecule has 0 unspecified atom stereocenters. The first-order chi connectivity index (χ1) is 15.0. The summed E-state index contributed by atoms with van der Waals surface area (Å²) < 4.78 is 52.4. The van der Waals surface area contributed by atoms with Crippen molar-refractivity contribution < 1.29 is 22.4 Å². The fraction of sp³-hybridized carbons (Fsp3) is 0.190. The second-order valence-electron chi connectivity index (χ2n) is 7.08. The number of benzene rings is 2. The number of nitrogens with two attached hydrogens (primary N) is 1. The van der Waals surface area contributed by atoms with Crippen LogP contribution in [0.25, 0.3) is 10.8 Å². The predicted molar refractivity (Wildman–Crippen MR) is 114 cm³/mol.